The quantitative estimate of drug-likeness (QED) is 0.498. The molecule has 2 aromatic carbocycles. The smallest absolute Gasteiger partial charge is 0.292 e. The molecular weight excluding hydrogens is 270 g/mol. The number of benzene rings is 2. The lowest BCUT2D eigenvalue weighted by Gasteiger charge is -2.08. The summed E-state index contributed by atoms with van der Waals surface area (Å²) < 4.78 is 5.59. The fourth-order valence-corrected chi connectivity index (χ4v) is 1.61. The fourth-order valence-electron chi connectivity index (χ4n) is 1.61. The number of hydrogen-bond donors (Lipinski definition) is 2. The predicted octanol–water partition coefficient (Wildman–Crippen LogP) is 4.28. The summed E-state index contributed by atoms with van der Waals surface area (Å²) in [6.45, 7) is 0. The SMILES string of the molecule is C.C.CNc1cc(Oc2ccc(N)cc2)ccc1[N+](=O)[O-]. The van der Waals surface area contributed by atoms with Gasteiger partial charge in [-0.2, -0.15) is 0 Å². The lowest BCUT2D eigenvalue weighted by atomic mass is 10.2. The van der Waals surface area contributed by atoms with Crippen molar-refractivity contribution in [1.29, 1.82) is 0 Å². The third-order valence-electron chi connectivity index (χ3n) is 2.55. The molecule has 3 N–H and O–H groups in total. The van der Waals surface area contributed by atoms with Crippen LogP contribution in [0.4, 0.5) is 17.1 Å². The number of nitro benzene ring substituents is 1. The summed E-state index contributed by atoms with van der Waals surface area (Å²) in [6, 6.07) is 11.4. The molecular formula is C15H21N3O3. The molecule has 0 fully saturated rings. The van der Waals surface area contributed by atoms with E-state index in [0.717, 1.165) is 0 Å². The van der Waals surface area contributed by atoms with Crippen LogP contribution in [-0.2, 0) is 0 Å². The van der Waals surface area contributed by atoms with Gasteiger partial charge in [-0.15, -0.1) is 0 Å². The van der Waals surface area contributed by atoms with Crippen molar-refractivity contribution in [3.63, 3.8) is 0 Å². The van der Waals surface area contributed by atoms with E-state index in [4.69, 9.17) is 10.5 Å². The van der Waals surface area contributed by atoms with Gasteiger partial charge in [0.25, 0.3) is 5.69 Å². The number of anilines is 2. The Morgan fingerprint density at radius 1 is 1.10 bits per heavy atom. The van der Waals surface area contributed by atoms with Crippen molar-refractivity contribution >= 4 is 17.1 Å². The minimum Gasteiger partial charge on any atom is -0.457 e. The van der Waals surface area contributed by atoms with Crippen LogP contribution in [0.5, 0.6) is 11.5 Å². The Kier molecular flexibility index (Phi) is 6.72. The van der Waals surface area contributed by atoms with Gasteiger partial charge in [0.2, 0.25) is 0 Å². The first-order valence-corrected chi connectivity index (χ1v) is 5.60. The molecule has 0 aliphatic carbocycles. The zero-order valence-electron chi connectivity index (χ0n) is 10.3. The van der Waals surface area contributed by atoms with Gasteiger partial charge in [0.05, 0.1) is 4.92 Å². The highest BCUT2D eigenvalue weighted by Crippen LogP contribution is 2.31. The second-order valence-electron chi connectivity index (χ2n) is 3.86. The maximum Gasteiger partial charge on any atom is 0.292 e. The summed E-state index contributed by atoms with van der Waals surface area (Å²) in [4.78, 5) is 10.4. The maximum atomic E-state index is 10.8. The number of nitrogens with one attached hydrogen (secondary N) is 1. The van der Waals surface area contributed by atoms with E-state index in [1.807, 2.05) is 0 Å². The standard InChI is InChI=1S/C13H13N3O3.2CH4/c1-15-12-8-11(6-7-13(12)16(17)18)19-10-4-2-9(14)3-5-10;;/h2-8,15H,14H2,1H3;2*1H4. The summed E-state index contributed by atoms with van der Waals surface area (Å²) >= 11 is 0. The van der Waals surface area contributed by atoms with E-state index in [1.165, 1.54) is 6.07 Å². The molecule has 0 saturated heterocycles. The third-order valence-corrected chi connectivity index (χ3v) is 2.55. The molecule has 0 amide bonds. The first-order chi connectivity index (χ1) is 9.10. The molecule has 0 atom stereocenters. The number of hydrogen-bond acceptors (Lipinski definition) is 5. The van der Waals surface area contributed by atoms with Crippen LogP contribution in [0.1, 0.15) is 14.9 Å². The van der Waals surface area contributed by atoms with Crippen LogP contribution in [-0.4, -0.2) is 12.0 Å². The van der Waals surface area contributed by atoms with E-state index < -0.39 is 4.92 Å². The molecule has 0 unspecified atom stereocenters. The largest absolute Gasteiger partial charge is 0.457 e. The Morgan fingerprint density at radius 3 is 2.19 bits per heavy atom. The average molecular weight is 291 g/mol. The highest BCUT2D eigenvalue weighted by atomic mass is 16.6. The Labute approximate surface area is 124 Å². The van der Waals surface area contributed by atoms with Gasteiger partial charge in [-0.05, 0) is 30.3 Å². The molecule has 0 aliphatic rings. The first-order valence-electron chi connectivity index (χ1n) is 5.60. The zero-order chi connectivity index (χ0) is 13.8. The average Bonchev–Trinajstić information content (AvgIpc) is 2.41. The van der Waals surface area contributed by atoms with E-state index >= 15 is 0 Å². The van der Waals surface area contributed by atoms with Gasteiger partial charge >= 0.3 is 0 Å². The first kappa shape index (κ1) is 18.2. The van der Waals surface area contributed by atoms with Crippen LogP contribution in [0, 0.1) is 10.1 Å². The minimum absolute atomic E-state index is 0. The Morgan fingerprint density at radius 2 is 1.67 bits per heavy atom. The van der Waals surface area contributed by atoms with Gasteiger partial charge in [0.15, 0.2) is 0 Å². The summed E-state index contributed by atoms with van der Waals surface area (Å²) in [5, 5.41) is 13.6. The number of nitrogen functional groups attached to an aromatic ring is 1. The van der Waals surface area contributed by atoms with Crippen molar-refractivity contribution in [1.82, 2.24) is 0 Å². The number of nitrogens with zero attached hydrogens (tertiary/aromatic N) is 1. The molecule has 0 aromatic heterocycles. The highest BCUT2D eigenvalue weighted by Gasteiger charge is 2.13. The van der Waals surface area contributed by atoms with Gasteiger partial charge in [-0.25, -0.2) is 0 Å². The molecule has 2 rings (SSSR count). The monoisotopic (exact) mass is 291 g/mol. The molecule has 0 spiro atoms. The normalized spacial score (nSPS) is 9.00. The fraction of sp³-hybridized carbons (Fsp3) is 0.200. The molecule has 6 nitrogen and oxygen atoms in total. The van der Waals surface area contributed by atoms with Gasteiger partial charge in [-0.3, -0.25) is 10.1 Å². The molecule has 0 aliphatic heterocycles. The third kappa shape index (κ3) is 4.38. The van der Waals surface area contributed by atoms with Gasteiger partial charge in [0.1, 0.15) is 17.2 Å². The molecule has 0 heterocycles. The summed E-state index contributed by atoms with van der Waals surface area (Å²) in [5.41, 5.74) is 6.63. The van der Waals surface area contributed by atoms with Crippen molar-refractivity contribution in [2.45, 2.75) is 14.9 Å². The van der Waals surface area contributed by atoms with E-state index in [0.29, 0.717) is 22.9 Å². The lowest BCUT2D eigenvalue weighted by Crippen LogP contribution is -1.97. The van der Waals surface area contributed by atoms with Crippen LogP contribution in [0.3, 0.4) is 0 Å². The summed E-state index contributed by atoms with van der Waals surface area (Å²) in [7, 11) is 1.62. The Hall–Kier alpha value is -2.76. The summed E-state index contributed by atoms with van der Waals surface area (Å²) in [6.07, 6.45) is 0. The van der Waals surface area contributed by atoms with Gasteiger partial charge in [0, 0.05) is 24.9 Å². The van der Waals surface area contributed by atoms with Gasteiger partial charge in [-0.1, -0.05) is 14.9 Å². The highest BCUT2D eigenvalue weighted by molar-refractivity contribution is 5.64. The van der Waals surface area contributed by atoms with Gasteiger partial charge < -0.3 is 15.8 Å². The number of nitrogens with two attached hydrogens (primary N) is 1. The van der Waals surface area contributed by atoms with E-state index in [2.05, 4.69) is 5.32 Å². The Balaban J connectivity index is 0.00000200. The van der Waals surface area contributed by atoms with Crippen molar-refractivity contribution < 1.29 is 9.66 Å². The van der Waals surface area contributed by atoms with Crippen molar-refractivity contribution in [3.05, 3.63) is 52.6 Å². The van der Waals surface area contributed by atoms with Crippen LogP contribution in [0.25, 0.3) is 0 Å². The van der Waals surface area contributed by atoms with E-state index in [-0.39, 0.29) is 20.5 Å². The maximum absolute atomic E-state index is 10.8. The molecule has 114 valence electrons. The lowest BCUT2D eigenvalue weighted by molar-refractivity contribution is -0.384. The minimum atomic E-state index is -0.446. The topological polar surface area (TPSA) is 90.4 Å². The zero-order valence-corrected chi connectivity index (χ0v) is 10.3. The Bertz CT molecular complexity index is 598. The van der Waals surface area contributed by atoms with Crippen LogP contribution < -0.4 is 15.8 Å². The number of nitro groups is 1. The van der Waals surface area contributed by atoms with E-state index in [9.17, 15) is 10.1 Å². The molecule has 6 heteroatoms. The second kappa shape index (κ2) is 7.74. The van der Waals surface area contributed by atoms with Crippen molar-refractivity contribution in [2.24, 2.45) is 0 Å². The molecule has 0 saturated carbocycles. The predicted molar refractivity (Wildman–Crippen MR) is 87.0 cm³/mol. The summed E-state index contributed by atoms with van der Waals surface area (Å²) in [5.74, 6) is 1.13. The van der Waals surface area contributed by atoms with Crippen LogP contribution in [0.2, 0.25) is 0 Å². The molecule has 2 aromatic rings. The number of ether oxygens (including phenoxy) is 1. The van der Waals surface area contributed by atoms with Crippen LogP contribution in [0.15, 0.2) is 42.5 Å². The number of rotatable bonds is 4. The van der Waals surface area contributed by atoms with Crippen molar-refractivity contribution in [2.75, 3.05) is 18.1 Å². The van der Waals surface area contributed by atoms with Crippen molar-refractivity contribution in [3.8, 4) is 11.5 Å². The molecule has 0 bridgehead atoms. The van der Waals surface area contributed by atoms with E-state index in [1.54, 1.807) is 43.4 Å². The second-order valence-corrected chi connectivity index (χ2v) is 3.86. The molecule has 0 radical (unpaired) electrons. The molecule has 21 heavy (non-hydrogen) atoms. The van der Waals surface area contributed by atoms with Crippen LogP contribution >= 0.6 is 0 Å².